The van der Waals surface area contributed by atoms with Gasteiger partial charge in [-0.2, -0.15) is 4.31 Å². The Bertz CT molecular complexity index is 1010. The molecule has 0 bridgehead atoms. The van der Waals surface area contributed by atoms with E-state index in [-0.39, 0.29) is 11.9 Å². The molecular weight excluding hydrogens is 398 g/mol. The Kier molecular flexibility index (Phi) is 5.95. The van der Waals surface area contributed by atoms with Gasteiger partial charge >= 0.3 is 0 Å². The number of nitrogens with one attached hydrogen (secondary N) is 2. The van der Waals surface area contributed by atoms with E-state index in [0.29, 0.717) is 37.1 Å². The van der Waals surface area contributed by atoms with Crippen LogP contribution in [0.4, 0.5) is 0 Å². The zero-order valence-corrected chi connectivity index (χ0v) is 18.4. The first-order chi connectivity index (χ1) is 14.4. The number of carbonyl (C=O) groups is 1. The van der Waals surface area contributed by atoms with E-state index in [4.69, 9.17) is 0 Å². The van der Waals surface area contributed by atoms with E-state index in [9.17, 15) is 13.2 Å². The van der Waals surface area contributed by atoms with Gasteiger partial charge in [0.2, 0.25) is 10.0 Å². The highest BCUT2D eigenvalue weighted by Gasteiger charge is 2.39. The van der Waals surface area contributed by atoms with Crippen LogP contribution in [0.3, 0.4) is 0 Å². The van der Waals surface area contributed by atoms with E-state index in [2.05, 4.69) is 5.32 Å². The molecule has 1 atom stereocenters. The van der Waals surface area contributed by atoms with Crippen molar-refractivity contribution >= 4 is 15.9 Å². The van der Waals surface area contributed by atoms with Gasteiger partial charge in [-0.15, -0.1) is 0 Å². The van der Waals surface area contributed by atoms with Gasteiger partial charge in [-0.05, 0) is 38.3 Å². The van der Waals surface area contributed by atoms with Crippen molar-refractivity contribution in [3.63, 3.8) is 0 Å². The summed E-state index contributed by atoms with van der Waals surface area (Å²) in [5.74, 6) is 0.0457. The highest BCUT2D eigenvalue weighted by molar-refractivity contribution is 7.89. The van der Waals surface area contributed by atoms with Gasteiger partial charge in [0.15, 0.2) is 6.04 Å². The number of aryl methyl sites for hydroxylation is 2. The van der Waals surface area contributed by atoms with Crippen LogP contribution < -0.4 is 10.2 Å². The summed E-state index contributed by atoms with van der Waals surface area (Å²) in [5, 5.41) is 3.14. The van der Waals surface area contributed by atoms with Crippen molar-refractivity contribution in [2.45, 2.75) is 43.7 Å². The molecule has 4 rings (SSSR count). The van der Waals surface area contributed by atoms with Gasteiger partial charge in [0.05, 0.1) is 31.1 Å². The Morgan fingerprint density at radius 1 is 1.07 bits per heavy atom. The Balaban J connectivity index is 1.50. The summed E-state index contributed by atoms with van der Waals surface area (Å²) < 4.78 is 27.9. The predicted molar refractivity (Wildman–Crippen MR) is 116 cm³/mol. The summed E-state index contributed by atoms with van der Waals surface area (Å²) in [5.41, 5.74) is 2.81. The highest BCUT2D eigenvalue weighted by Crippen LogP contribution is 2.22. The lowest BCUT2D eigenvalue weighted by Gasteiger charge is -2.35. The molecule has 2 aromatic rings. The topological polar surface area (TPSA) is 70.9 Å². The van der Waals surface area contributed by atoms with Crippen LogP contribution in [0.2, 0.25) is 0 Å². The molecule has 1 saturated heterocycles. The summed E-state index contributed by atoms with van der Waals surface area (Å²) in [6, 6.07) is 15.3. The van der Waals surface area contributed by atoms with Gasteiger partial charge in [0.25, 0.3) is 5.91 Å². The normalized spacial score (nSPS) is 19.4. The molecule has 2 aliphatic rings. The minimum absolute atomic E-state index is 0.0457. The molecule has 2 N–H and O–H groups in total. The Morgan fingerprint density at radius 3 is 2.33 bits per heavy atom. The molecule has 1 saturated carbocycles. The number of benzene rings is 2. The fraction of sp³-hybridized carbons (Fsp3) is 0.435. The molecule has 30 heavy (non-hydrogen) atoms. The number of piperazine rings is 1. The largest absolute Gasteiger partial charge is 0.348 e. The van der Waals surface area contributed by atoms with Gasteiger partial charge in [-0.25, -0.2) is 8.42 Å². The maximum atomic E-state index is 13.2. The molecule has 2 aromatic carbocycles. The van der Waals surface area contributed by atoms with Crippen LogP contribution in [0, 0.1) is 13.8 Å². The Hall–Kier alpha value is -2.22. The molecule has 0 spiro atoms. The molecule has 7 heteroatoms. The van der Waals surface area contributed by atoms with E-state index < -0.39 is 10.0 Å². The molecule has 160 valence electrons. The second kappa shape index (κ2) is 8.49. The minimum Gasteiger partial charge on any atom is -0.348 e. The van der Waals surface area contributed by atoms with Crippen LogP contribution in [0.5, 0.6) is 0 Å². The van der Waals surface area contributed by atoms with Crippen molar-refractivity contribution in [2.24, 2.45) is 0 Å². The van der Waals surface area contributed by atoms with Gasteiger partial charge in [0, 0.05) is 11.6 Å². The van der Waals surface area contributed by atoms with E-state index in [0.717, 1.165) is 34.4 Å². The Morgan fingerprint density at radius 2 is 1.73 bits per heavy atom. The average Bonchev–Trinajstić information content (AvgIpc) is 3.53. The number of carbonyl (C=O) groups excluding carboxylic acids is 1. The van der Waals surface area contributed by atoms with E-state index in [1.807, 2.05) is 56.3 Å². The fourth-order valence-corrected chi connectivity index (χ4v) is 5.91. The lowest BCUT2D eigenvalue weighted by molar-refractivity contribution is -0.925. The second-order valence-corrected chi connectivity index (χ2v) is 10.4. The molecule has 1 amide bonds. The second-order valence-electron chi connectivity index (χ2n) is 8.46. The monoisotopic (exact) mass is 428 g/mol. The molecule has 6 nitrogen and oxygen atoms in total. The number of quaternary nitrogens is 1. The predicted octanol–water partition coefficient (Wildman–Crippen LogP) is 1.21. The maximum Gasteiger partial charge on any atom is 0.283 e. The molecule has 1 aliphatic heterocycles. The molecule has 0 unspecified atom stereocenters. The first-order valence-electron chi connectivity index (χ1n) is 10.6. The number of rotatable bonds is 6. The van der Waals surface area contributed by atoms with Crippen molar-refractivity contribution in [1.29, 1.82) is 0 Å². The van der Waals surface area contributed by atoms with Crippen molar-refractivity contribution in [1.82, 2.24) is 9.62 Å². The summed E-state index contributed by atoms with van der Waals surface area (Å²) in [6.07, 6.45) is 2.09. The first-order valence-corrected chi connectivity index (χ1v) is 12.1. The third kappa shape index (κ3) is 4.43. The van der Waals surface area contributed by atoms with E-state index >= 15 is 0 Å². The highest BCUT2D eigenvalue weighted by atomic mass is 32.2. The van der Waals surface area contributed by atoms with Crippen LogP contribution in [-0.2, 0) is 14.8 Å². The summed E-state index contributed by atoms with van der Waals surface area (Å²) >= 11 is 0. The third-order valence-corrected chi connectivity index (χ3v) is 8.10. The number of sulfonamides is 1. The van der Waals surface area contributed by atoms with Gasteiger partial charge < -0.3 is 10.2 Å². The molecule has 0 aromatic heterocycles. The lowest BCUT2D eigenvalue weighted by atomic mass is 10.0. The summed E-state index contributed by atoms with van der Waals surface area (Å²) in [6.45, 7) is 5.82. The van der Waals surface area contributed by atoms with Crippen molar-refractivity contribution < 1.29 is 18.1 Å². The smallest absolute Gasteiger partial charge is 0.283 e. The molecule has 1 heterocycles. The third-order valence-electron chi connectivity index (χ3n) is 6.04. The standard InChI is InChI=1S/C23H29N3O3S/c1-17-8-11-21(18(2)16-17)30(28,29)26-14-12-25(13-15-26)22(19-6-4-3-5-7-19)23(27)24-20-9-10-20/h3-8,11,16,20,22H,9-10,12-15H2,1-2H3,(H,24,27)/p+1/t22-/m1/s1. The van der Waals surface area contributed by atoms with Crippen molar-refractivity contribution in [2.75, 3.05) is 26.2 Å². The summed E-state index contributed by atoms with van der Waals surface area (Å²) in [4.78, 5) is 14.5. The number of hydrogen-bond acceptors (Lipinski definition) is 3. The van der Waals surface area contributed by atoms with Gasteiger partial charge in [-0.1, -0.05) is 48.0 Å². The average molecular weight is 429 g/mol. The van der Waals surface area contributed by atoms with E-state index in [1.54, 1.807) is 10.4 Å². The Labute approximate surface area is 178 Å². The minimum atomic E-state index is -3.53. The number of nitrogens with zero attached hydrogens (tertiary/aromatic N) is 1. The van der Waals surface area contributed by atoms with Crippen LogP contribution in [0.1, 0.15) is 35.6 Å². The maximum absolute atomic E-state index is 13.2. The zero-order valence-electron chi connectivity index (χ0n) is 17.6. The van der Waals surface area contributed by atoms with Crippen LogP contribution >= 0.6 is 0 Å². The molecular formula is C23H30N3O3S+. The van der Waals surface area contributed by atoms with Crippen molar-refractivity contribution in [3.8, 4) is 0 Å². The fourth-order valence-electron chi connectivity index (χ4n) is 4.26. The zero-order chi connectivity index (χ0) is 21.3. The SMILES string of the molecule is Cc1ccc(S(=O)(=O)N2CC[NH+]([C@@H](C(=O)NC3CC3)c3ccccc3)CC2)c(C)c1. The number of amides is 1. The summed E-state index contributed by atoms with van der Waals surface area (Å²) in [7, 11) is -3.53. The molecule has 0 radical (unpaired) electrons. The molecule has 2 fully saturated rings. The van der Waals surface area contributed by atoms with Gasteiger partial charge in [-0.3, -0.25) is 4.79 Å². The quantitative estimate of drug-likeness (QED) is 0.727. The number of hydrogen-bond donors (Lipinski definition) is 2. The molecule has 1 aliphatic carbocycles. The van der Waals surface area contributed by atoms with E-state index in [1.165, 1.54) is 0 Å². The van der Waals surface area contributed by atoms with Crippen LogP contribution in [0.15, 0.2) is 53.4 Å². The van der Waals surface area contributed by atoms with Crippen molar-refractivity contribution in [3.05, 3.63) is 65.2 Å². The lowest BCUT2D eigenvalue weighted by Crippen LogP contribution is -3.16. The van der Waals surface area contributed by atoms with Gasteiger partial charge in [0.1, 0.15) is 0 Å². The van der Waals surface area contributed by atoms with Crippen LogP contribution in [0.25, 0.3) is 0 Å². The van der Waals surface area contributed by atoms with Crippen LogP contribution in [-0.4, -0.2) is 50.9 Å². The first kappa shape index (κ1) is 21.0.